The van der Waals surface area contributed by atoms with Crippen molar-refractivity contribution in [1.29, 1.82) is 0 Å². The minimum Gasteiger partial charge on any atom is -0.336 e. The third-order valence-electron chi connectivity index (χ3n) is 5.59. The molecule has 1 saturated heterocycles. The number of hydrogen-bond acceptors (Lipinski definition) is 6. The molecule has 0 radical (unpaired) electrons. The summed E-state index contributed by atoms with van der Waals surface area (Å²) >= 11 is 11.5. The Morgan fingerprint density at radius 3 is 2.39 bits per heavy atom. The van der Waals surface area contributed by atoms with E-state index >= 15 is 0 Å². The molecule has 7 nitrogen and oxygen atoms in total. The number of aromatic nitrogens is 2. The van der Waals surface area contributed by atoms with Crippen LogP contribution < -0.4 is 10.2 Å². The van der Waals surface area contributed by atoms with E-state index in [1.165, 1.54) is 0 Å². The van der Waals surface area contributed by atoms with Gasteiger partial charge in [-0.3, -0.25) is 9.69 Å². The van der Waals surface area contributed by atoms with Crippen molar-refractivity contribution in [2.24, 2.45) is 0 Å². The largest absolute Gasteiger partial charge is 0.336 e. The van der Waals surface area contributed by atoms with Crippen molar-refractivity contribution < 1.29 is 4.79 Å². The Balaban J connectivity index is 1.34. The van der Waals surface area contributed by atoms with Gasteiger partial charge in [0.2, 0.25) is 5.95 Å². The van der Waals surface area contributed by atoms with Gasteiger partial charge in [-0.05, 0) is 67.2 Å². The highest BCUT2D eigenvalue weighted by molar-refractivity contribution is 6.30. The first-order valence-corrected chi connectivity index (χ1v) is 11.7. The molecule has 0 unspecified atom stereocenters. The molecule has 0 atom stereocenters. The summed E-state index contributed by atoms with van der Waals surface area (Å²) in [7, 11) is 0. The number of nitrogens with zero attached hydrogens (tertiary/aromatic N) is 4. The second kappa shape index (κ2) is 11.4. The molecule has 1 fully saturated rings. The first-order chi connectivity index (χ1) is 16.1. The molecule has 4 rings (SSSR count). The van der Waals surface area contributed by atoms with E-state index in [1.807, 2.05) is 59.5 Å². The highest BCUT2D eigenvalue weighted by Gasteiger charge is 2.21. The van der Waals surface area contributed by atoms with Gasteiger partial charge in [0, 0.05) is 60.8 Å². The van der Waals surface area contributed by atoms with Gasteiger partial charge in [-0.1, -0.05) is 23.7 Å². The first-order valence-electron chi connectivity index (χ1n) is 10.9. The summed E-state index contributed by atoms with van der Waals surface area (Å²) in [5.41, 5.74) is 3.25. The summed E-state index contributed by atoms with van der Waals surface area (Å²) in [6, 6.07) is 16.8. The average Bonchev–Trinajstić information content (AvgIpc) is 2.85. The van der Waals surface area contributed by atoms with Gasteiger partial charge in [-0.15, -0.1) is 0 Å². The Bertz CT molecular complexity index is 1050. The number of carbonyl (C=O) groups is 1. The lowest BCUT2D eigenvalue weighted by molar-refractivity contribution is 0.0636. The molecule has 0 spiro atoms. The Morgan fingerprint density at radius 2 is 1.70 bits per heavy atom. The molecule has 2 heterocycles. The van der Waals surface area contributed by atoms with Crippen LogP contribution in [0.25, 0.3) is 11.3 Å². The highest BCUT2D eigenvalue weighted by Crippen LogP contribution is 2.22. The number of rotatable bonds is 8. The van der Waals surface area contributed by atoms with Gasteiger partial charge in [-0.25, -0.2) is 14.8 Å². The maximum Gasteiger partial charge on any atom is 0.253 e. The van der Waals surface area contributed by atoms with E-state index < -0.39 is 0 Å². The molecule has 0 bridgehead atoms. The molecule has 3 aromatic rings. The Labute approximate surface area is 203 Å². The number of hydrogen-bond donors (Lipinski definition) is 2. The van der Waals surface area contributed by atoms with Gasteiger partial charge >= 0.3 is 0 Å². The second-order valence-corrected chi connectivity index (χ2v) is 8.55. The Kier molecular flexibility index (Phi) is 8.12. The summed E-state index contributed by atoms with van der Waals surface area (Å²) in [5, 5.41) is 3.89. The van der Waals surface area contributed by atoms with E-state index in [-0.39, 0.29) is 5.91 Å². The summed E-state index contributed by atoms with van der Waals surface area (Å²) in [5.74, 6) is 0.548. The van der Waals surface area contributed by atoms with Crippen molar-refractivity contribution in [2.45, 2.75) is 6.42 Å². The quantitative estimate of drug-likeness (QED) is 0.363. The summed E-state index contributed by atoms with van der Waals surface area (Å²) in [6.07, 6.45) is 2.71. The van der Waals surface area contributed by atoms with Crippen LogP contribution in [0.4, 0.5) is 11.6 Å². The van der Waals surface area contributed by atoms with Gasteiger partial charge in [0.25, 0.3) is 5.91 Å². The van der Waals surface area contributed by atoms with E-state index in [2.05, 4.69) is 25.0 Å². The van der Waals surface area contributed by atoms with Crippen LogP contribution >= 0.6 is 23.4 Å². The SMILES string of the molecule is O=C(c1ccc(Nc2nccc(-c3ccc(Cl)cc3)n2)cc1)N1CCN(CCCNCl)CC1. The molecule has 1 aliphatic rings. The van der Waals surface area contributed by atoms with Crippen LogP contribution in [0.1, 0.15) is 16.8 Å². The lowest BCUT2D eigenvalue weighted by atomic mass is 10.1. The van der Waals surface area contributed by atoms with Gasteiger partial charge in [0.1, 0.15) is 0 Å². The van der Waals surface area contributed by atoms with E-state index in [4.69, 9.17) is 23.4 Å². The topological polar surface area (TPSA) is 73.4 Å². The van der Waals surface area contributed by atoms with Crippen molar-refractivity contribution in [3.8, 4) is 11.3 Å². The molecular formula is C24H26Cl2N6O. The maximum absolute atomic E-state index is 12.9. The first kappa shape index (κ1) is 23.4. The van der Waals surface area contributed by atoms with E-state index in [9.17, 15) is 4.79 Å². The molecule has 2 N–H and O–H groups in total. The van der Waals surface area contributed by atoms with Crippen molar-refractivity contribution in [1.82, 2.24) is 24.6 Å². The fourth-order valence-electron chi connectivity index (χ4n) is 3.75. The predicted octanol–water partition coefficient (Wildman–Crippen LogP) is 4.43. The average molecular weight is 485 g/mol. The third-order valence-corrected chi connectivity index (χ3v) is 6.03. The summed E-state index contributed by atoms with van der Waals surface area (Å²) < 4.78 is 0. The standard InChI is InChI=1S/C24H26Cl2N6O/c25-20-6-2-18(3-7-20)22-10-12-27-24(30-22)29-21-8-4-19(5-9-21)23(33)32-16-14-31(15-17-32)13-1-11-28-26/h2-10,12,28H,1,11,13-17H2,(H,27,29,30). The Morgan fingerprint density at radius 1 is 0.970 bits per heavy atom. The molecular weight excluding hydrogens is 459 g/mol. The second-order valence-electron chi connectivity index (χ2n) is 7.85. The molecule has 0 aliphatic carbocycles. The normalized spacial score (nSPS) is 14.3. The lowest BCUT2D eigenvalue weighted by Crippen LogP contribution is -2.49. The van der Waals surface area contributed by atoms with Gasteiger partial charge in [-0.2, -0.15) is 0 Å². The zero-order valence-electron chi connectivity index (χ0n) is 18.2. The minimum absolute atomic E-state index is 0.0598. The molecule has 2 aromatic carbocycles. The van der Waals surface area contributed by atoms with Crippen LogP contribution in [0, 0.1) is 0 Å². The van der Waals surface area contributed by atoms with Crippen molar-refractivity contribution in [3.63, 3.8) is 0 Å². The smallest absolute Gasteiger partial charge is 0.253 e. The highest BCUT2D eigenvalue weighted by atomic mass is 35.5. The minimum atomic E-state index is 0.0598. The number of amides is 1. The van der Waals surface area contributed by atoms with Crippen LogP contribution in [0.2, 0.25) is 5.02 Å². The molecule has 0 saturated carbocycles. The van der Waals surface area contributed by atoms with Crippen molar-refractivity contribution in [3.05, 3.63) is 71.4 Å². The number of benzene rings is 2. The zero-order valence-corrected chi connectivity index (χ0v) is 19.7. The van der Waals surface area contributed by atoms with E-state index in [0.29, 0.717) is 16.5 Å². The molecule has 9 heteroatoms. The number of halogens is 2. The van der Waals surface area contributed by atoms with Gasteiger partial charge < -0.3 is 10.2 Å². The van der Waals surface area contributed by atoms with Crippen LogP contribution in [-0.4, -0.2) is 64.9 Å². The monoisotopic (exact) mass is 484 g/mol. The Hall–Kier alpha value is -2.71. The van der Waals surface area contributed by atoms with Crippen LogP contribution in [0.3, 0.4) is 0 Å². The number of carbonyl (C=O) groups excluding carboxylic acids is 1. The number of nitrogens with one attached hydrogen (secondary N) is 2. The van der Waals surface area contributed by atoms with Crippen molar-refractivity contribution >= 4 is 40.9 Å². The molecule has 172 valence electrons. The third kappa shape index (κ3) is 6.42. The number of piperazine rings is 1. The molecule has 1 aromatic heterocycles. The summed E-state index contributed by atoms with van der Waals surface area (Å²) in [4.78, 5) is 28.7. The number of anilines is 2. The van der Waals surface area contributed by atoms with Crippen LogP contribution in [0.5, 0.6) is 0 Å². The zero-order chi connectivity index (χ0) is 23.0. The lowest BCUT2D eigenvalue weighted by Gasteiger charge is -2.34. The van der Waals surface area contributed by atoms with Crippen LogP contribution in [-0.2, 0) is 0 Å². The molecule has 1 aliphatic heterocycles. The van der Waals surface area contributed by atoms with Gasteiger partial charge in [0.05, 0.1) is 5.69 Å². The fourth-order valence-corrected chi connectivity index (χ4v) is 4.01. The summed E-state index contributed by atoms with van der Waals surface area (Å²) in [6.45, 7) is 5.02. The van der Waals surface area contributed by atoms with E-state index in [1.54, 1.807) is 6.20 Å². The molecule has 33 heavy (non-hydrogen) atoms. The fraction of sp³-hybridized carbons (Fsp3) is 0.292. The van der Waals surface area contributed by atoms with Crippen LogP contribution in [0.15, 0.2) is 60.8 Å². The van der Waals surface area contributed by atoms with Crippen molar-refractivity contribution in [2.75, 3.05) is 44.6 Å². The van der Waals surface area contributed by atoms with E-state index in [0.717, 1.165) is 62.6 Å². The molecule has 1 amide bonds. The van der Waals surface area contributed by atoms with Gasteiger partial charge in [0.15, 0.2) is 0 Å². The predicted molar refractivity (Wildman–Crippen MR) is 133 cm³/mol. The maximum atomic E-state index is 12.9.